The molecule has 1 aliphatic heterocycles. The average molecular weight is 279 g/mol. The number of hydrogen-bond donors (Lipinski definition) is 1. The number of carbonyl (C=O) groups excluding carboxylic acids is 1. The van der Waals surface area contributed by atoms with Gasteiger partial charge in [0.05, 0.1) is 0 Å². The molecule has 0 aromatic carbocycles. The van der Waals surface area contributed by atoms with Gasteiger partial charge in [-0.2, -0.15) is 0 Å². The number of amides is 1. The van der Waals surface area contributed by atoms with Crippen LogP contribution >= 0.6 is 11.9 Å². The number of carbonyl (C=O) groups is 1. The number of allylic oxidation sites excluding steroid dienone is 2. The Morgan fingerprint density at radius 3 is 2.74 bits per heavy atom. The number of rotatable bonds is 0. The molecule has 2 saturated carbocycles. The third-order valence-electron chi connectivity index (χ3n) is 4.74. The van der Waals surface area contributed by atoms with Crippen LogP contribution in [-0.4, -0.2) is 10.7 Å². The Labute approximate surface area is 120 Å². The largest absolute Gasteiger partial charge is 0.299 e. The van der Waals surface area contributed by atoms with E-state index in [0.717, 1.165) is 6.42 Å². The fraction of sp³-hybridized carbons (Fsp3) is 0.812. The lowest BCUT2D eigenvalue weighted by molar-refractivity contribution is -0.120. The van der Waals surface area contributed by atoms with Gasteiger partial charge in [-0.15, -0.1) is 0 Å². The second kappa shape index (κ2) is 5.90. The maximum Gasteiger partial charge on any atom is 0.233 e. The van der Waals surface area contributed by atoms with E-state index in [2.05, 4.69) is 16.9 Å². The van der Waals surface area contributed by atoms with Crippen molar-refractivity contribution in [2.45, 2.75) is 69.0 Å². The SMILES string of the molecule is O=C1NSC2(CCCCCCC/C=C/C3CC13)CC2. The van der Waals surface area contributed by atoms with Crippen molar-refractivity contribution >= 4 is 17.9 Å². The molecule has 3 heteroatoms. The summed E-state index contributed by atoms with van der Waals surface area (Å²) in [6.07, 6.45) is 17.5. The van der Waals surface area contributed by atoms with E-state index in [-0.39, 0.29) is 11.8 Å². The van der Waals surface area contributed by atoms with Crippen LogP contribution < -0.4 is 4.72 Å². The van der Waals surface area contributed by atoms with Crippen LogP contribution in [0.25, 0.3) is 0 Å². The van der Waals surface area contributed by atoms with E-state index in [1.165, 1.54) is 57.8 Å². The van der Waals surface area contributed by atoms with Gasteiger partial charge >= 0.3 is 0 Å². The Balaban J connectivity index is 1.53. The first kappa shape index (κ1) is 13.5. The lowest BCUT2D eigenvalue weighted by atomic mass is 10.1. The highest BCUT2D eigenvalue weighted by Gasteiger charge is 2.46. The number of fused-ring (bicyclic) bond motifs is 1. The summed E-state index contributed by atoms with van der Waals surface area (Å²) >= 11 is 1.74. The highest BCUT2D eigenvalue weighted by atomic mass is 32.2. The van der Waals surface area contributed by atoms with Crippen LogP contribution in [-0.2, 0) is 4.79 Å². The van der Waals surface area contributed by atoms with E-state index in [4.69, 9.17) is 0 Å². The standard InChI is InChI=1S/C16H25NOS/c18-15-14-12-13(14)8-6-4-2-1-3-5-7-9-16(10-11-16)19-17-15/h6,8,13-14H,1-5,7,9-12H2,(H,17,18)/b8-6+. The van der Waals surface area contributed by atoms with E-state index in [9.17, 15) is 4.79 Å². The van der Waals surface area contributed by atoms with Gasteiger partial charge < -0.3 is 0 Å². The first-order valence-corrected chi connectivity index (χ1v) is 8.75. The van der Waals surface area contributed by atoms with Crippen LogP contribution in [0.1, 0.15) is 64.2 Å². The molecule has 2 fully saturated rings. The Bertz CT molecular complexity index is 362. The molecule has 2 atom stereocenters. The van der Waals surface area contributed by atoms with Gasteiger partial charge in [0.1, 0.15) is 0 Å². The molecule has 1 spiro atoms. The summed E-state index contributed by atoms with van der Waals surface area (Å²) < 4.78 is 3.55. The molecule has 1 amide bonds. The first-order chi connectivity index (χ1) is 9.29. The molecule has 2 aliphatic carbocycles. The summed E-state index contributed by atoms with van der Waals surface area (Å²) in [7, 11) is 0. The summed E-state index contributed by atoms with van der Waals surface area (Å²) in [5.74, 6) is 1.08. The predicted molar refractivity (Wildman–Crippen MR) is 80.8 cm³/mol. The summed E-state index contributed by atoms with van der Waals surface area (Å²) in [6, 6.07) is 0. The molecule has 0 aromatic heterocycles. The lowest BCUT2D eigenvalue weighted by Gasteiger charge is -2.14. The van der Waals surface area contributed by atoms with Crippen molar-refractivity contribution < 1.29 is 4.79 Å². The van der Waals surface area contributed by atoms with E-state index in [1.54, 1.807) is 11.9 Å². The van der Waals surface area contributed by atoms with Gasteiger partial charge in [0.2, 0.25) is 5.91 Å². The normalized spacial score (nSPS) is 36.5. The van der Waals surface area contributed by atoms with Crippen LogP contribution in [0.3, 0.4) is 0 Å². The molecule has 3 aliphatic rings. The molecule has 0 saturated heterocycles. The predicted octanol–water partition coefficient (Wildman–Crippen LogP) is 4.22. The van der Waals surface area contributed by atoms with Crippen molar-refractivity contribution in [3.63, 3.8) is 0 Å². The summed E-state index contributed by atoms with van der Waals surface area (Å²) in [6.45, 7) is 0. The average Bonchev–Trinajstić information content (AvgIpc) is 3.30. The van der Waals surface area contributed by atoms with Crippen LogP contribution in [0.2, 0.25) is 0 Å². The minimum atomic E-state index is 0.268. The third-order valence-corrected chi connectivity index (χ3v) is 6.09. The smallest absolute Gasteiger partial charge is 0.233 e. The third kappa shape index (κ3) is 3.77. The highest BCUT2D eigenvalue weighted by Crippen LogP contribution is 2.51. The number of nitrogens with one attached hydrogen (secondary N) is 1. The van der Waals surface area contributed by atoms with Crippen molar-refractivity contribution in [1.29, 1.82) is 0 Å². The van der Waals surface area contributed by atoms with Gasteiger partial charge in [-0.3, -0.25) is 9.52 Å². The van der Waals surface area contributed by atoms with Crippen LogP contribution in [0, 0.1) is 11.8 Å². The molecule has 106 valence electrons. The maximum atomic E-state index is 12.0. The van der Waals surface area contributed by atoms with Crippen LogP contribution in [0.4, 0.5) is 0 Å². The molecular weight excluding hydrogens is 254 g/mol. The van der Waals surface area contributed by atoms with Gasteiger partial charge in [0, 0.05) is 10.7 Å². The van der Waals surface area contributed by atoms with Gasteiger partial charge in [-0.25, -0.2) is 0 Å². The molecule has 2 nitrogen and oxygen atoms in total. The zero-order valence-corrected chi connectivity index (χ0v) is 12.5. The zero-order chi connectivity index (χ0) is 13.1. The maximum absolute atomic E-state index is 12.0. The second-order valence-electron chi connectivity index (χ2n) is 6.49. The van der Waals surface area contributed by atoms with E-state index in [1.807, 2.05) is 0 Å². The molecule has 0 bridgehead atoms. The quantitative estimate of drug-likeness (QED) is 0.531. The zero-order valence-electron chi connectivity index (χ0n) is 11.7. The Kier molecular flexibility index (Phi) is 4.21. The molecular formula is C16H25NOS. The molecule has 0 aromatic rings. The van der Waals surface area contributed by atoms with E-state index in [0.29, 0.717) is 10.7 Å². The summed E-state index contributed by atoms with van der Waals surface area (Å²) in [5.41, 5.74) is 0. The minimum absolute atomic E-state index is 0.268. The minimum Gasteiger partial charge on any atom is -0.299 e. The fourth-order valence-corrected chi connectivity index (χ4v) is 4.04. The monoisotopic (exact) mass is 279 g/mol. The van der Waals surface area contributed by atoms with E-state index >= 15 is 0 Å². The number of hydrogen-bond acceptors (Lipinski definition) is 2. The molecule has 1 N–H and O–H groups in total. The van der Waals surface area contributed by atoms with Crippen molar-refractivity contribution in [3.8, 4) is 0 Å². The van der Waals surface area contributed by atoms with E-state index < -0.39 is 0 Å². The molecule has 1 heterocycles. The van der Waals surface area contributed by atoms with Crippen molar-refractivity contribution in [2.75, 3.05) is 0 Å². The highest BCUT2D eigenvalue weighted by molar-refractivity contribution is 7.99. The van der Waals surface area contributed by atoms with Crippen LogP contribution in [0.5, 0.6) is 0 Å². The Hall–Kier alpha value is -0.440. The second-order valence-corrected chi connectivity index (χ2v) is 7.77. The summed E-state index contributed by atoms with van der Waals surface area (Å²) in [4.78, 5) is 12.0. The van der Waals surface area contributed by atoms with Gasteiger partial charge in [-0.1, -0.05) is 37.8 Å². The Morgan fingerprint density at radius 2 is 1.89 bits per heavy atom. The van der Waals surface area contributed by atoms with Crippen LogP contribution in [0.15, 0.2) is 12.2 Å². The summed E-state index contributed by atoms with van der Waals surface area (Å²) in [5, 5.41) is 0. The lowest BCUT2D eigenvalue weighted by Crippen LogP contribution is -2.23. The molecule has 3 rings (SSSR count). The molecule has 19 heavy (non-hydrogen) atoms. The fourth-order valence-electron chi connectivity index (χ4n) is 3.02. The topological polar surface area (TPSA) is 29.1 Å². The molecule has 2 unspecified atom stereocenters. The van der Waals surface area contributed by atoms with Gasteiger partial charge in [0.25, 0.3) is 0 Å². The molecule has 0 radical (unpaired) electrons. The van der Waals surface area contributed by atoms with Crippen molar-refractivity contribution in [3.05, 3.63) is 12.2 Å². The van der Waals surface area contributed by atoms with Gasteiger partial charge in [0.15, 0.2) is 0 Å². The van der Waals surface area contributed by atoms with Crippen molar-refractivity contribution in [2.24, 2.45) is 11.8 Å². The van der Waals surface area contributed by atoms with Gasteiger partial charge in [-0.05, 0) is 56.4 Å². The first-order valence-electron chi connectivity index (χ1n) is 7.94. The Morgan fingerprint density at radius 1 is 1.11 bits per heavy atom. The van der Waals surface area contributed by atoms with Crippen molar-refractivity contribution in [1.82, 2.24) is 4.72 Å².